The molecular weight excluding hydrogens is 328 g/mol. The van der Waals surface area contributed by atoms with Crippen LogP contribution in [0.25, 0.3) is 10.9 Å². The van der Waals surface area contributed by atoms with Crippen molar-refractivity contribution in [2.75, 3.05) is 0 Å². The molecule has 0 aliphatic rings. The topological polar surface area (TPSA) is 46.0 Å². The first-order valence-electron chi connectivity index (χ1n) is 6.78. The van der Waals surface area contributed by atoms with E-state index in [-0.39, 0.29) is 0 Å². The minimum absolute atomic E-state index is 0.456. The van der Waals surface area contributed by atoms with Crippen molar-refractivity contribution < 1.29 is 5.11 Å². The molecule has 3 rings (SSSR count). The number of benzene rings is 1. The summed E-state index contributed by atoms with van der Waals surface area (Å²) in [4.78, 5) is 8.86. The SMILES string of the molecule is Cc1cc(C(O)Cc2ccc(Br)cn2)nc2ccccc12. The quantitative estimate of drug-likeness (QED) is 0.783. The largest absolute Gasteiger partial charge is 0.386 e. The van der Waals surface area contributed by atoms with Crippen molar-refractivity contribution in [3.63, 3.8) is 0 Å². The fourth-order valence-corrected chi connectivity index (χ4v) is 2.61. The molecule has 1 aromatic carbocycles. The number of fused-ring (bicyclic) bond motifs is 1. The molecule has 0 bridgehead atoms. The third-order valence-corrected chi connectivity index (χ3v) is 3.94. The van der Waals surface area contributed by atoms with Crippen LogP contribution in [0.1, 0.15) is 23.1 Å². The Balaban J connectivity index is 1.90. The van der Waals surface area contributed by atoms with Crippen molar-refractivity contribution in [1.82, 2.24) is 9.97 Å². The second-order valence-electron chi connectivity index (χ2n) is 5.07. The van der Waals surface area contributed by atoms with Gasteiger partial charge in [0, 0.05) is 28.2 Å². The number of nitrogens with zero attached hydrogens (tertiary/aromatic N) is 2. The van der Waals surface area contributed by atoms with Crippen molar-refractivity contribution in [2.24, 2.45) is 0 Å². The summed E-state index contributed by atoms with van der Waals surface area (Å²) in [6.07, 6.45) is 1.54. The van der Waals surface area contributed by atoms with E-state index >= 15 is 0 Å². The molecule has 0 amide bonds. The van der Waals surface area contributed by atoms with Gasteiger partial charge in [-0.3, -0.25) is 9.97 Å². The first kappa shape index (κ1) is 14.2. The number of para-hydroxylation sites is 1. The molecule has 3 nitrogen and oxygen atoms in total. The lowest BCUT2D eigenvalue weighted by molar-refractivity contribution is 0.172. The molecule has 1 unspecified atom stereocenters. The summed E-state index contributed by atoms with van der Waals surface area (Å²) >= 11 is 3.36. The zero-order chi connectivity index (χ0) is 14.8. The van der Waals surface area contributed by atoms with E-state index in [4.69, 9.17) is 0 Å². The molecule has 1 N–H and O–H groups in total. The second kappa shape index (κ2) is 5.92. The Bertz CT molecular complexity index is 771. The van der Waals surface area contributed by atoms with Crippen molar-refractivity contribution in [1.29, 1.82) is 0 Å². The standard InChI is InChI=1S/C17H15BrN2O/c1-11-8-16(20-15-5-3-2-4-14(11)15)17(21)9-13-7-6-12(18)10-19-13/h2-8,10,17,21H,9H2,1H3. The van der Waals surface area contributed by atoms with Crippen LogP contribution in [-0.2, 0) is 6.42 Å². The smallest absolute Gasteiger partial charge is 0.101 e. The number of hydrogen-bond acceptors (Lipinski definition) is 3. The highest BCUT2D eigenvalue weighted by Crippen LogP contribution is 2.23. The highest BCUT2D eigenvalue weighted by Gasteiger charge is 2.13. The Morgan fingerprint density at radius 2 is 2.00 bits per heavy atom. The maximum Gasteiger partial charge on any atom is 0.101 e. The van der Waals surface area contributed by atoms with E-state index in [1.54, 1.807) is 6.20 Å². The van der Waals surface area contributed by atoms with Crippen LogP contribution in [0.3, 0.4) is 0 Å². The van der Waals surface area contributed by atoms with E-state index in [0.717, 1.165) is 26.6 Å². The Morgan fingerprint density at radius 1 is 1.19 bits per heavy atom. The lowest BCUT2D eigenvalue weighted by atomic mass is 10.0. The number of aryl methyl sites for hydroxylation is 1. The van der Waals surface area contributed by atoms with Gasteiger partial charge in [-0.15, -0.1) is 0 Å². The number of aliphatic hydroxyl groups excluding tert-OH is 1. The summed E-state index contributed by atoms with van der Waals surface area (Å²) in [6, 6.07) is 13.8. The van der Waals surface area contributed by atoms with Crippen molar-refractivity contribution in [3.8, 4) is 0 Å². The van der Waals surface area contributed by atoms with Gasteiger partial charge in [0.05, 0.1) is 11.2 Å². The maximum atomic E-state index is 10.4. The van der Waals surface area contributed by atoms with Gasteiger partial charge in [-0.05, 0) is 52.7 Å². The maximum absolute atomic E-state index is 10.4. The Labute approximate surface area is 131 Å². The first-order chi connectivity index (χ1) is 10.1. The molecule has 0 aliphatic carbocycles. The molecule has 2 aromatic heterocycles. The molecular formula is C17H15BrN2O. The highest BCUT2D eigenvalue weighted by molar-refractivity contribution is 9.10. The van der Waals surface area contributed by atoms with Gasteiger partial charge in [0.2, 0.25) is 0 Å². The molecule has 0 saturated heterocycles. The Morgan fingerprint density at radius 3 is 2.76 bits per heavy atom. The summed E-state index contributed by atoms with van der Waals surface area (Å²) in [5, 5.41) is 11.5. The van der Waals surface area contributed by atoms with Crippen molar-refractivity contribution in [3.05, 3.63) is 70.1 Å². The third kappa shape index (κ3) is 3.12. The minimum Gasteiger partial charge on any atom is -0.386 e. The van der Waals surface area contributed by atoms with E-state index in [0.29, 0.717) is 12.1 Å². The summed E-state index contributed by atoms with van der Waals surface area (Å²) in [5.74, 6) is 0. The number of rotatable bonds is 3. The minimum atomic E-state index is -0.651. The van der Waals surface area contributed by atoms with Crippen LogP contribution in [0.5, 0.6) is 0 Å². The van der Waals surface area contributed by atoms with Crippen LogP contribution < -0.4 is 0 Å². The van der Waals surface area contributed by atoms with Gasteiger partial charge < -0.3 is 5.11 Å². The first-order valence-corrected chi connectivity index (χ1v) is 7.57. The molecule has 3 aromatic rings. The van der Waals surface area contributed by atoms with Crippen LogP contribution in [0.2, 0.25) is 0 Å². The summed E-state index contributed by atoms with van der Waals surface area (Å²) in [5.41, 5.74) is 3.57. The van der Waals surface area contributed by atoms with E-state index in [2.05, 4.69) is 25.9 Å². The van der Waals surface area contributed by atoms with Gasteiger partial charge in [0.25, 0.3) is 0 Å². The number of aliphatic hydroxyl groups is 1. The molecule has 0 spiro atoms. The normalized spacial score (nSPS) is 12.5. The fourth-order valence-electron chi connectivity index (χ4n) is 2.38. The second-order valence-corrected chi connectivity index (χ2v) is 5.98. The number of pyridine rings is 2. The Kier molecular flexibility index (Phi) is 3.99. The molecule has 21 heavy (non-hydrogen) atoms. The van der Waals surface area contributed by atoms with E-state index in [1.165, 1.54) is 0 Å². The molecule has 4 heteroatoms. The molecule has 2 heterocycles. The van der Waals surface area contributed by atoms with E-state index < -0.39 is 6.10 Å². The number of aromatic nitrogens is 2. The van der Waals surface area contributed by atoms with Crippen LogP contribution in [-0.4, -0.2) is 15.1 Å². The molecule has 0 fully saturated rings. The van der Waals surface area contributed by atoms with E-state index in [9.17, 15) is 5.11 Å². The van der Waals surface area contributed by atoms with Gasteiger partial charge >= 0.3 is 0 Å². The molecule has 0 saturated carbocycles. The Hall–Kier alpha value is -1.78. The van der Waals surface area contributed by atoms with Gasteiger partial charge in [-0.2, -0.15) is 0 Å². The van der Waals surface area contributed by atoms with Crippen LogP contribution >= 0.6 is 15.9 Å². The fraction of sp³-hybridized carbons (Fsp3) is 0.176. The van der Waals surface area contributed by atoms with Crippen molar-refractivity contribution >= 4 is 26.8 Å². The average molecular weight is 343 g/mol. The van der Waals surface area contributed by atoms with Crippen molar-refractivity contribution in [2.45, 2.75) is 19.4 Å². The lowest BCUT2D eigenvalue weighted by Crippen LogP contribution is -2.06. The predicted molar refractivity (Wildman–Crippen MR) is 87.1 cm³/mol. The number of hydrogen-bond donors (Lipinski definition) is 1. The monoisotopic (exact) mass is 342 g/mol. The highest BCUT2D eigenvalue weighted by atomic mass is 79.9. The number of halogens is 1. The van der Waals surface area contributed by atoms with Gasteiger partial charge in [0.15, 0.2) is 0 Å². The molecule has 0 radical (unpaired) electrons. The van der Waals surface area contributed by atoms with Crippen LogP contribution in [0.4, 0.5) is 0 Å². The lowest BCUT2D eigenvalue weighted by Gasteiger charge is -2.12. The molecule has 0 aliphatic heterocycles. The van der Waals surface area contributed by atoms with Gasteiger partial charge in [-0.1, -0.05) is 18.2 Å². The van der Waals surface area contributed by atoms with Crippen LogP contribution in [0.15, 0.2) is 53.1 Å². The van der Waals surface area contributed by atoms with E-state index in [1.807, 2.05) is 49.4 Å². The zero-order valence-electron chi connectivity index (χ0n) is 11.6. The molecule has 1 atom stereocenters. The molecule has 106 valence electrons. The summed E-state index contributed by atoms with van der Waals surface area (Å²) in [6.45, 7) is 2.04. The average Bonchev–Trinajstić information content (AvgIpc) is 2.49. The summed E-state index contributed by atoms with van der Waals surface area (Å²) in [7, 11) is 0. The van der Waals surface area contributed by atoms with Gasteiger partial charge in [0.1, 0.15) is 6.10 Å². The summed E-state index contributed by atoms with van der Waals surface area (Å²) < 4.78 is 0.931. The predicted octanol–water partition coefficient (Wildman–Crippen LogP) is 3.98. The van der Waals surface area contributed by atoms with Crippen LogP contribution in [0, 0.1) is 6.92 Å². The third-order valence-electron chi connectivity index (χ3n) is 3.48. The zero-order valence-corrected chi connectivity index (χ0v) is 13.2. The van der Waals surface area contributed by atoms with Gasteiger partial charge in [-0.25, -0.2) is 0 Å².